The first-order valence-corrected chi connectivity index (χ1v) is 10.9. The number of anilines is 1. The number of nitrogens with zero attached hydrogens (tertiary/aromatic N) is 4. The van der Waals surface area contributed by atoms with Crippen molar-refractivity contribution in [2.45, 2.75) is 6.54 Å². The van der Waals surface area contributed by atoms with Crippen LogP contribution in [0.4, 0.5) is 10.1 Å². The third-order valence-corrected chi connectivity index (χ3v) is 6.31. The molecule has 4 aromatic rings. The van der Waals surface area contributed by atoms with Gasteiger partial charge in [-0.1, -0.05) is 12.1 Å². The van der Waals surface area contributed by atoms with E-state index >= 15 is 0 Å². The fourth-order valence-electron chi connectivity index (χ4n) is 4.56. The van der Waals surface area contributed by atoms with Crippen LogP contribution in [0, 0.1) is 5.95 Å². The van der Waals surface area contributed by atoms with Gasteiger partial charge in [-0.15, -0.1) is 0 Å². The molecule has 1 fully saturated rings. The normalized spacial score (nSPS) is 14.8. The molecule has 8 nitrogen and oxygen atoms in total. The lowest BCUT2D eigenvalue weighted by molar-refractivity contribution is 0.0957. The number of hydrogen-bond acceptors (Lipinski definition) is 5. The highest BCUT2D eigenvalue weighted by molar-refractivity contribution is 6.03. The molecule has 1 aliphatic heterocycles. The molecule has 170 valence electrons. The summed E-state index contributed by atoms with van der Waals surface area (Å²) in [5, 5.41) is 4.17. The number of hydrogen-bond donors (Lipinski definition) is 2. The topological polar surface area (TPSA) is 86.3 Å². The fraction of sp³-hybridized carbons (Fsp3) is 0.292. The van der Waals surface area contributed by atoms with Gasteiger partial charge < -0.3 is 19.8 Å². The summed E-state index contributed by atoms with van der Waals surface area (Å²) in [6.07, 6.45) is 1.90. The number of aryl methyl sites for hydroxylation is 1. The average molecular weight is 449 g/mol. The van der Waals surface area contributed by atoms with E-state index in [1.165, 1.54) is 7.05 Å². The van der Waals surface area contributed by atoms with Crippen molar-refractivity contribution < 1.29 is 9.18 Å². The maximum absolute atomic E-state index is 14.5. The number of nitrogens with one attached hydrogen (secondary N) is 2. The minimum absolute atomic E-state index is 0.0688. The number of H-pyrrole nitrogens is 1. The van der Waals surface area contributed by atoms with Crippen LogP contribution in [-0.4, -0.2) is 58.6 Å². The molecule has 0 aliphatic carbocycles. The second kappa shape index (κ2) is 8.32. The Morgan fingerprint density at radius 3 is 2.64 bits per heavy atom. The molecule has 9 heteroatoms. The summed E-state index contributed by atoms with van der Waals surface area (Å²) in [6.45, 7) is 3.59. The Morgan fingerprint density at radius 1 is 1.12 bits per heavy atom. The van der Waals surface area contributed by atoms with Gasteiger partial charge in [-0.3, -0.25) is 14.5 Å². The van der Waals surface area contributed by atoms with Crippen LogP contribution < -0.4 is 15.8 Å². The van der Waals surface area contributed by atoms with Gasteiger partial charge in [0.05, 0.1) is 22.1 Å². The number of carbonyl (C=O) groups is 1. The van der Waals surface area contributed by atoms with Crippen LogP contribution in [0.3, 0.4) is 0 Å². The van der Waals surface area contributed by atoms with Gasteiger partial charge in [-0.25, -0.2) is 4.98 Å². The van der Waals surface area contributed by atoms with E-state index in [1.54, 1.807) is 12.1 Å². The van der Waals surface area contributed by atoms with E-state index in [9.17, 15) is 14.0 Å². The lowest BCUT2D eigenvalue weighted by atomic mass is 10.1. The number of benzene rings is 1. The van der Waals surface area contributed by atoms with Gasteiger partial charge in [-0.2, -0.15) is 4.39 Å². The van der Waals surface area contributed by atoms with E-state index in [0.29, 0.717) is 24.2 Å². The van der Waals surface area contributed by atoms with E-state index < -0.39 is 11.9 Å². The van der Waals surface area contributed by atoms with Crippen molar-refractivity contribution >= 4 is 33.4 Å². The Bertz CT molecular complexity index is 1420. The lowest BCUT2D eigenvalue weighted by Crippen LogP contribution is -2.46. The quantitative estimate of drug-likeness (QED) is 0.468. The third-order valence-electron chi connectivity index (χ3n) is 6.31. The van der Waals surface area contributed by atoms with Gasteiger partial charge in [0.1, 0.15) is 5.69 Å². The number of carbonyl (C=O) groups excluding carboxylic acids is 1. The Hall–Kier alpha value is -3.72. The van der Waals surface area contributed by atoms with Crippen LogP contribution in [0.1, 0.15) is 16.1 Å². The molecule has 0 unspecified atom stereocenters. The maximum atomic E-state index is 14.5. The Morgan fingerprint density at radius 2 is 1.91 bits per heavy atom. The van der Waals surface area contributed by atoms with Crippen LogP contribution in [0.5, 0.6) is 0 Å². The van der Waals surface area contributed by atoms with Crippen LogP contribution in [0.15, 0.2) is 47.4 Å². The van der Waals surface area contributed by atoms with Gasteiger partial charge in [0, 0.05) is 58.4 Å². The summed E-state index contributed by atoms with van der Waals surface area (Å²) < 4.78 is 16.5. The molecule has 3 aromatic heterocycles. The highest BCUT2D eigenvalue weighted by Gasteiger charge is 2.21. The molecule has 0 atom stereocenters. The van der Waals surface area contributed by atoms with Crippen LogP contribution in [0.2, 0.25) is 0 Å². The van der Waals surface area contributed by atoms with Crippen LogP contribution in [-0.2, 0) is 13.6 Å². The number of aromatic nitrogens is 3. The number of pyridine rings is 2. The fourth-order valence-corrected chi connectivity index (χ4v) is 4.56. The van der Waals surface area contributed by atoms with E-state index in [2.05, 4.69) is 32.3 Å². The summed E-state index contributed by atoms with van der Waals surface area (Å²) in [5.41, 5.74) is 3.28. The molecule has 1 amide bonds. The summed E-state index contributed by atoms with van der Waals surface area (Å²) in [6, 6.07) is 11.2. The van der Waals surface area contributed by atoms with Gasteiger partial charge >= 0.3 is 0 Å². The summed E-state index contributed by atoms with van der Waals surface area (Å²) >= 11 is 0. The SMILES string of the molecule is CNC(=O)c1ccc(N2CCN(Cc3ccc4c(c3)[nH]c(=O)c3ccn(C)c34)CC2)c(F)n1. The highest BCUT2D eigenvalue weighted by Crippen LogP contribution is 2.24. The maximum Gasteiger partial charge on any atom is 0.269 e. The van der Waals surface area contributed by atoms with Crippen LogP contribution >= 0.6 is 0 Å². The van der Waals surface area contributed by atoms with Crippen LogP contribution in [0.25, 0.3) is 21.8 Å². The predicted molar refractivity (Wildman–Crippen MR) is 126 cm³/mol. The van der Waals surface area contributed by atoms with Crippen molar-refractivity contribution in [1.29, 1.82) is 0 Å². The molecular weight excluding hydrogens is 423 g/mol. The molecule has 1 aliphatic rings. The van der Waals surface area contributed by atoms with Crippen molar-refractivity contribution in [2.24, 2.45) is 7.05 Å². The van der Waals surface area contributed by atoms with Crippen molar-refractivity contribution in [1.82, 2.24) is 24.8 Å². The van der Waals surface area contributed by atoms with Crippen molar-refractivity contribution in [3.8, 4) is 0 Å². The van der Waals surface area contributed by atoms with Gasteiger partial charge in [-0.05, 0) is 29.8 Å². The highest BCUT2D eigenvalue weighted by atomic mass is 19.1. The lowest BCUT2D eigenvalue weighted by Gasteiger charge is -2.36. The third kappa shape index (κ3) is 3.84. The second-order valence-electron chi connectivity index (χ2n) is 8.37. The molecule has 0 bridgehead atoms. The molecule has 0 saturated carbocycles. The number of piperazine rings is 1. The number of rotatable bonds is 4. The molecule has 0 radical (unpaired) electrons. The first-order valence-electron chi connectivity index (χ1n) is 10.9. The van der Waals surface area contributed by atoms with Gasteiger partial charge in [0.2, 0.25) is 5.95 Å². The molecule has 4 heterocycles. The zero-order valence-electron chi connectivity index (χ0n) is 18.6. The number of aromatic amines is 1. The molecular formula is C24H25FN6O2. The smallest absolute Gasteiger partial charge is 0.269 e. The minimum Gasteiger partial charge on any atom is -0.365 e. The van der Waals surface area contributed by atoms with E-state index in [4.69, 9.17) is 0 Å². The van der Waals surface area contributed by atoms with E-state index in [1.807, 2.05) is 34.8 Å². The Kier molecular flexibility index (Phi) is 5.33. The van der Waals surface area contributed by atoms with E-state index in [0.717, 1.165) is 41.6 Å². The molecule has 5 rings (SSSR count). The standard InChI is InChI=1S/C24H25FN6O2/c1-26-24(33)18-5-6-20(22(25)27-18)31-11-9-30(10-12-31)14-15-3-4-16-19(13-15)28-23(32)17-7-8-29(2)21(16)17/h3-8,13H,9-12,14H2,1-2H3,(H,26,33)(H,28,32). The minimum atomic E-state index is -0.630. The zero-order chi connectivity index (χ0) is 23.1. The molecule has 0 spiro atoms. The van der Waals surface area contributed by atoms with E-state index in [-0.39, 0.29) is 11.3 Å². The predicted octanol–water partition coefficient (Wildman–Crippen LogP) is 2.24. The zero-order valence-corrected chi connectivity index (χ0v) is 18.6. The number of fused-ring (bicyclic) bond motifs is 3. The first-order chi connectivity index (χ1) is 15.9. The largest absolute Gasteiger partial charge is 0.365 e. The molecule has 1 aromatic carbocycles. The monoisotopic (exact) mass is 448 g/mol. The molecule has 33 heavy (non-hydrogen) atoms. The average Bonchev–Trinajstić information content (AvgIpc) is 3.21. The Balaban J connectivity index is 1.29. The summed E-state index contributed by atoms with van der Waals surface area (Å²) in [4.78, 5) is 35.2. The van der Waals surface area contributed by atoms with Crippen molar-refractivity contribution in [2.75, 3.05) is 38.1 Å². The van der Waals surface area contributed by atoms with Crippen molar-refractivity contribution in [3.63, 3.8) is 0 Å². The van der Waals surface area contributed by atoms with Crippen molar-refractivity contribution in [3.05, 3.63) is 70.2 Å². The van der Waals surface area contributed by atoms with Gasteiger partial charge in [0.15, 0.2) is 0 Å². The number of halogens is 1. The Labute approximate surface area is 189 Å². The second-order valence-corrected chi connectivity index (χ2v) is 8.37. The molecule has 1 saturated heterocycles. The first kappa shape index (κ1) is 21.1. The summed E-state index contributed by atoms with van der Waals surface area (Å²) in [7, 11) is 3.43. The number of amides is 1. The molecule has 2 N–H and O–H groups in total. The van der Waals surface area contributed by atoms with Gasteiger partial charge in [0.25, 0.3) is 11.5 Å². The summed E-state index contributed by atoms with van der Waals surface area (Å²) in [5.74, 6) is -1.04.